The fourth-order valence-electron chi connectivity index (χ4n) is 3.53. The molecule has 1 aromatic heterocycles. The third-order valence-electron chi connectivity index (χ3n) is 4.90. The van der Waals surface area contributed by atoms with Gasteiger partial charge in [-0.15, -0.1) is 0 Å². The van der Waals surface area contributed by atoms with Crippen LogP contribution in [0.5, 0.6) is 0 Å². The second-order valence-electron chi connectivity index (χ2n) is 6.67. The molecule has 4 aromatic rings. The first-order valence-corrected chi connectivity index (χ1v) is 8.74. The maximum absolute atomic E-state index is 14.7. The number of pyridine rings is 1. The van der Waals surface area contributed by atoms with Crippen LogP contribution in [-0.2, 0) is 7.05 Å². The lowest BCUT2D eigenvalue weighted by Crippen LogP contribution is -2.30. The molecule has 0 aliphatic rings. The van der Waals surface area contributed by atoms with E-state index in [1.54, 1.807) is 6.07 Å². The first kappa shape index (κ1) is 16.9. The summed E-state index contributed by atoms with van der Waals surface area (Å²) in [4.78, 5) is 3.52. The van der Waals surface area contributed by atoms with Gasteiger partial charge in [-0.2, -0.15) is 0 Å². The average Bonchev–Trinajstić information content (AvgIpc) is 2.69. The molecule has 4 rings (SSSR count). The van der Waals surface area contributed by atoms with Crippen molar-refractivity contribution in [2.45, 2.75) is 6.92 Å². The lowest BCUT2D eigenvalue weighted by atomic mass is 9.94. The van der Waals surface area contributed by atoms with Crippen molar-refractivity contribution >= 4 is 16.5 Å². The molecule has 3 heteroatoms. The van der Waals surface area contributed by atoms with E-state index in [1.165, 1.54) is 0 Å². The van der Waals surface area contributed by atoms with Crippen LogP contribution in [0.4, 0.5) is 10.1 Å². The highest BCUT2D eigenvalue weighted by molar-refractivity contribution is 5.96. The van der Waals surface area contributed by atoms with Crippen molar-refractivity contribution < 1.29 is 8.96 Å². The standard InChI is InChI=1S/C24H18FN2/c1-16-13-23(25)22(17-7-5-4-6-8-17)15-21(16)24-20-10-9-19(26-2)14-18(20)11-12-27(24)3/h4-15H,1,3H3/q+1. The second-order valence-corrected chi connectivity index (χ2v) is 6.67. The summed E-state index contributed by atoms with van der Waals surface area (Å²) in [5.41, 5.74) is 4.94. The number of nitrogens with zero attached hydrogens (tertiary/aromatic N) is 2. The average molecular weight is 353 g/mol. The number of benzene rings is 3. The smallest absolute Gasteiger partial charge is 0.220 e. The number of fused-ring (bicyclic) bond motifs is 1. The quantitative estimate of drug-likeness (QED) is 0.309. The highest BCUT2D eigenvalue weighted by Crippen LogP contribution is 2.34. The minimum absolute atomic E-state index is 0.222. The van der Waals surface area contributed by atoms with Gasteiger partial charge in [0.25, 0.3) is 0 Å². The highest BCUT2D eigenvalue weighted by atomic mass is 19.1. The van der Waals surface area contributed by atoms with Crippen molar-refractivity contribution in [1.29, 1.82) is 0 Å². The van der Waals surface area contributed by atoms with Gasteiger partial charge in [0, 0.05) is 11.6 Å². The Kier molecular flexibility index (Phi) is 4.18. The van der Waals surface area contributed by atoms with Crippen LogP contribution in [0.3, 0.4) is 0 Å². The summed E-state index contributed by atoms with van der Waals surface area (Å²) in [6.07, 6.45) is 1.98. The SMILES string of the molecule is [C-]#[N+]c1ccc2c(-c3cc(-c4ccccc4)c(F)cc3C)[n+](C)ccc2c1. The molecule has 2 nitrogen and oxygen atoms in total. The predicted octanol–water partition coefficient (Wildman–Crippen LogP) is 6.00. The van der Waals surface area contributed by atoms with Gasteiger partial charge in [-0.25, -0.2) is 13.8 Å². The van der Waals surface area contributed by atoms with Crippen molar-refractivity contribution in [3.8, 4) is 22.4 Å². The van der Waals surface area contributed by atoms with E-state index in [1.807, 2.05) is 80.8 Å². The van der Waals surface area contributed by atoms with Crippen molar-refractivity contribution in [2.24, 2.45) is 7.05 Å². The summed E-state index contributed by atoms with van der Waals surface area (Å²) in [7, 11) is 1.99. The number of rotatable bonds is 2. The van der Waals surface area contributed by atoms with E-state index in [2.05, 4.69) is 9.41 Å². The van der Waals surface area contributed by atoms with E-state index in [-0.39, 0.29) is 5.82 Å². The van der Waals surface area contributed by atoms with Gasteiger partial charge in [0.2, 0.25) is 5.69 Å². The Hall–Kier alpha value is -3.51. The first-order valence-electron chi connectivity index (χ1n) is 8.74. The minimum Gasteiger partial charge on any atom is -0.238 e. The predicted molar refractivity (Wildman–Crippen MR) is 107 cm³/mol. The van der Waals surface area contributed by atoms with Crippen LogP contribution in [0.2, 0.25) is 0 Å². The second kappa shape index (κ2) is 6.66. The lowest BCUT2D eigenvalue weighted by Gasteiger charge is -2.12. The summed E-state index contributed by atoms with van der Waals surface area (Å²) >= 11 is 0. The Morgan fingerprint density at radius 2 is 1.70 bits per heavy atom. The Balaban J connectivity index is 2.02. The number of aryl methyl sites for hydroxylation is 2. The summed E-state index contributed by atoms with van der Waals surface area (Å²) in [5, 5.41) is 2.04. The summed E-state index contributed by atoms with van der Waals surface area (Å²) in [6.45, 7) is 9.17. The van der Waals surface area contributed by atoms with E-state index in [0.29, 0.717) is 11.3 Å². The molecule has 0 atom stereocenters. The molecule has 1 heterocycles. The molecule has 0 unspecified atom stereocenters. The Morgan fingerprint density at radius 3 is 2.44 bits per heavy atom. The molecule has 0 spiro atoms. The largest absolute Gasteiger partial charge is 0.238 e. The summed E-state index contributed by atoms with van der Waals surface area (Å²) < 4.78 is 16.8. The van der Waals surface area contributed by atoms with Gasteiger partial charge in [-0.3, -0.25) is 0 Å². The fourth-order valence-corrected chi connectivity index (χ4v) is 3.53. The molecule has 0 amide bonds. The van der Waals surface area contributed by atoms with E-state index >= 15 is 0 Å². The molecule has 0 fully saturated rings. The molecule has 3 aromatic carbocycles. The summed E-state index contributed by atoms with van der Waals surface area (Å²) in [6, 6.07) is 20.8. The van der Waals surface area contributed by atoms with Crippen LogP contribution < -0.4 is 4.57 Å². The van der Waals surface area contributed by atoms with Gasteiger partial charge < -0.3 is 0 Å². The van der Waals surface area contributed by atoms with Crippen LogP contribution in [0, 0.1) is 19.3 Å². The van der Waals surface area contributed by atoms with E-state index in [4.69, 9.17) is 6.57 Å². The lowest BCUT2D eigenvalue weighted by molar-refractivity contribution is -0.659. The van der Waals surface area contributed by atoms with Crippen molar-refractivity contribution in [3.05, 3.63) is 95.7 Å². The van der Waals surface area contributed by atoms with Gasteiger partial charge in [-0.1, -0.05) is 42.5 Å². The topological polar surface area (TPSA) is 8.24 Å². The number of hydrogen-bond acceptors (Lipinski definition) is 0. The molecular weight excluding hydrogens is 335 g/mol. The van der Waals surface area contributed by atoms with Crippen LogP contribution in [0.1, 0.15) is 5.56 Å². The van der Waals surface area contributed by atoms with Gasteiger partial charge in [0.15, 0.2) is 11.9 Å². The molecule has 27 heavy (non-hydrogen) atoms. The number of aromatic nitrogens is 1. The molecule has 0 aliphatic heterocycles. The minimum atomic E-state index is -0.222. The van der Waals surface area contributed by atoms with Gasteiger partial charge >= 0.3 is 0 Å². The Labute approximate surface area is 158 Å². The Bertz CT molecular complexity index is 1200. The van der Waals surface area contributed by atoms with Crippen molar-refractivity contribution in [1.82, 2.24) is 0 Å². The van der Waals surface area contributed by atoms with Gasteiger partial charge in [0.05, 0.1) is 17.5 Å². The molecule has 0 saturated heterocycles. The van der Waals surface area contributed by atoms with Gasteiger partial charge in [0.1, 0.15) is 12.9 Å². The molecular formula is C24H18FN2+. The zero-order valence-electron chi connectivity index (χ0n) is 15.2. The normalized spacial score (nSPS) is 10.7. The van der Waals surface area contributed by atoms with Crippen molar-refractivity contribution in [3.63, 3.8) is 0 Å². The maximum Gasteiger partial charge on any atom is 0.220 e. The Morgan fingerprint density at radius 1 is 0.926 bits per heavy atom. The van der Waals surface area contributed by atoms with Crippen LogP contribution in [0.25, 0.3) is 38.0 Å². The van der Waals surface area contributed by atoms with E-state index < -0.39 is 0 Å². The highest BCUT2D eigenvalue weighted by Gasteiger charge is 2.20. The number of halogens is 1. The zero-order chi connectivity index (χ0) is 19.0. The zero-order valence-corrected chi connectivity index (χ0v) is 15.2. The monoisotopic (exact) mass is 353 g/mol. The molecule has 0 bridgehead atoms. The third-order valence-corrected chi connectivity index (χ3v) is 4.90. The molecule has 130 valence electrons. The summed E-state index contributed by atoms with van der Waals surface area (Å²) in [5.74, 6) is -0.222. The molecule has 0 aliphatic carbocycles. The van der Waals surface area contributed by atoms with Crippen molar-refractivity contribution in [2.75, 3.05) is 0 Å². The van der Waals surface area contributed by atoms with Gasteiger partial charge in [-0.05, 0) is 41.6 Å². The maximum atomic E-state index is 14.7. The van der Waals surface area contributed by atoms with E-state index in [0.717, 1.165) is 33.2 Å². The molecule has 0 saturated carbocycles. The first-order chi connectivity index (χ1) is 13.1. The third kappa shape index (κ3) is 2.96. The number of hydrogen-bond donors (Lipinski definition) is 0. The molecule has 0 radical (unpaired) electrons. The van der Waals surface area contributed by atoms with Crippen LogP contribution in [-0.4, -0.2) is 0 Å². The van der Waals surface area contributed by atoms with Crippen LogP contribution >= 0.6 is 0 Å². The van der Waals surface area contributed by atoms with E-state index in [9.17, 15) is 4.39 Å². The van der Waals surface area contributed by atoms with Crippen LogP contribution in [0.15, 0.2) is 72.9 Å². The fraction of sp³-hybridized carbons (Fsp3) is 0.0833. The molecule has 0 N–H and O–H groups in total.